The molecule has 0 aliphatic carbocycles. The van der Waals surface area contributed by atoms with Gasteiger partial charge in [0.2, 0.25) is 11.5 Å². The summed E-state index contributed by atoms with van der Waals surface area (Å²) in [4.78, 5) is 52.4. The fraction of sp³-hybridized carbons (Fsp3) is 0.111. The van der Waals surface area contributed by atoms with Gasteiger partial charge < -0.3 is 14.5 Å². The number of benzene rings is 3. The van der Waals surface area contributed by atoms with Crippen molar-refractivity contribution in [2.45, 2.75) is 13.5 Å². The zero-order valence-electron chi connectivity index (χ0n) is 19.3. The number of ether oxygens (including phenoxy) is 1. The molecule has 9 heteroatoms. The van der Waals surface area contributed by atoms with Crippen molar-refractivity contribution in [3.05, 3.63) is 105 Å². The van der Waals surface area contributed by atoms with E-state index in [1.807, 2.05) is 0 Å². The molecule has 1 N–H and O–H groups in total. The van der Waals surface area contributed by atoms with Crippen molar-refractivity contribution >= 4 is 39.6 Å². The highest BCUT2D eigenvalue weighted by Gasteiger charge is 2.22. The molecule has 0 spiro atoms. The lowest BCUT2D eigenvalue weighted by Gasteiger charge is -2.13. The number of carbonyl (C=O) groups is 2. The topological polar surface area (TPSA) is 113 Å². The summed E-state index contributed by atoms with van der Waals surface area (Å²) in [6, 6.07) is 21.8. The second kappa shape index (κ2) is 9.38. The maximum absolute atomic E-state index is 13.6. The lowest BCUT2D eigenvalue weighted by atomic mass is 10.2. The number of aromatic nitrogens is 2. The molecule has 0 aliphatic rings. The molecule has 180 valence electrons. The highest BCUT2D eigenvalue weighted by atomic mass is 16.5. The van der Waals surface area contributed by atoms with E-state index in [0.717, 1.165) is 4.57 Å². The number of nitrogens with one attached hydrogen (secondary N) is 1. The molecule has 5 aromatic rings. The summed E-state index contributed by atoms with van der Waals surface area (Å²) in [5.41, 5.74) is 0.0574. The van der Waals surface area contributed by atoms with Gasteiger partial charge >= 0.3 is 17.2 Å². The predicted molar refractivity (Wildman–Crippen MR) is 135 cm³/mol. The lowest BCUT2D eigenvalue weighted by molar-refractivity contribution is -0.116. The summed E-state index contributed by atoms with van der Waals surface area (Å²) in [7, 11) is 0. The molecule has 5 rings (SSSR count). The van der Waals surface area contributed by atoms with Crippen LogP contribution in [0.2, 0.25) is 0 Å². The molecule has 36 heavy (non-hydrogen) atoms. The van der Waals surface area contributed by atoms with Crippen molar-refractivity contribution < 1.29 is 18.7 Å². The van der Waals surface area contributed by atoms with Crippen molar-refractivity contribution in [3.8, 4) is 5.69 Å². The Kier molecular flexibility index (Phi) is 5.95. The summed E-state index contributed by atoms with van der Waals surface area (Å²) in [5, 5.41) is 3.22. The number of furan rings is 1. The lowest BCUT2D eigenvalue weighted by Crippen LogP contribution is -2.40. The van der Waals surface area contributed by atoms with Crippen LogP contribution in [0.1, 0.15) is 17.3 Å². The van der Waals surface area contributed by atoms with Gasteiger partial charge in [-0.2, -0.15) is 0 Å². The first kappa shape index (κ1) is 22.9. The zero-order chi connectivity index (χ0) is 25.2. The molecule has 2 aromatic heterocycles. The molecule has 0 atom stereocenters. The van der Waals surface area contributed by atoms with E-state index in [1.54, 1.807) is 79.7 Å². The molecule has 1 amide bonds. The van der Waals surface area contributed by atoms with Gasteiger partial charge in [0.25, 0.3) is 0 Å². The third-order valence-electron chi connectivity index (χ3n) is 5.67. The summed E-state index contributed by atoms with van der Waals surface area (Å²) in [6.45, 7) is 1.44. The summed E-state index contributed by atoms with van der Waals surface area (Å²) < 4.78 is 13.1. The van der Waals surface area contributed by atoms with E-state index < -0.39 is 29.7 Å². The number of carbonyl (C=O) groups excluding carboxylic acids is 2. The van der Waals surface area contributed by atoms with Crippen molar-refractivity contribution in [1.29, 1.82) is 0 Å². The number of nitrogens with zero attached hydrogens (tertiary/aromatic N) is 2. The van der Waals surface area contributed by atoms with E-state index in [4.69, 9.17) is 9.15 Å². The molecule has 0 unspecified atom stereocenters. The van der Waals surface area contributed by atoms with E-state index in [-0.39, 0.29) is 29.0 Å². The molecule has 0 aliphatic heterocycles. The van der Waals surface area contributed by atoms with Gasteiger partial charge in [0, 0.05) is 5.39 Å². The van der Waals surface area contributed by atoms with Crippen molar-refractivity contribution in [1.82, 2.24) is 9.13 Å². The van der Waals surface area contributed by atoms with Crippen LogP contribution in [0.4, 0.5) is 5.69 Å². The van der Waals surface area contributed by atoms with E-state index >= 15 is 0 Å². The smallest absolute Gasteiger partial charge is 0.340 e. The summed E-state index contributed by atoms with van der Waals surface area (Å²) >= 11 is 0. The van der Waals surface area contributed by atoms with Gasteiger partial charge in [-0.3, -0.25) is 14.2 Å². The number of anilines is 1. The maximum Gasteiger partial charge on any atom is 0.340 e. The Hall–Kier alpha value is -4.92. The number of hydrogen-bond acceptors (Lipinski definition) is 6. The summed E-state index contributed by atoms with van der Waals surface area (Å²) in [5.74, 6) is -1.15. The molecule has 0 radical (unpaired) electrons. The number of esters is 1. The highest BCUT2D eigenvalue weighted by Crippen LogP contribution is 2.26. The first-order chi connectivity index (χ1) is 17.5. The Labute approximate surface area is 204 Å². The summed E-state index contributed by atoms with van der Waals surface area (Å²) in [6.07, 6.45) is 0. The number of rotatable bonds is 6. The van der Waals surface area contributed by atoms with Gasteiger partial charge in [-0.25, -0.2) is 14.2 Å². The minimum absolute atomic E-state index is 0.0422. The SMILES string of the molecule is CCOC(=O)c1ccccc1NC(=O)Cn1c(=O)n(-c2ccccc2)c(=O)c2oc3ccccc3c21. The Bertz CT molecular complexity index is 1730. The second-order valence-corrected chi connectivity index (χ2v) is 7.94. The standard InChI is InChI=1S/C27H21N3O6/c1-2-35-26(33)18-12-6-8-14-20(18)28-22(31)16-29-23-19-13-7-9-15-21(19)36-24(23)25(32)30(27(29)34)17-10-4-3-5-11-17/h3-15H,2,16H2,1H3,(H,28,31). The average Bonchev–Trinajstić information content (AvgIpc) is 3.28. The fourth-order valence-electron chi connectivity index (χ4n) is 4.11. The van der Waals surface area contributed by atoms with E-state index in [0.29, 0.717) is 16.7 Å². The average molecular weight is 483 g/mol. The third-order valence-corrected chi connectivity index (χ3v) is 5.67. The molecule has 9 nitrogen and oxygen atoms in total. The number of amides is 1. The number of para-hydroxylation sites is 3. The van der Waals surface area contributed by atoms with Gasteiger partial charge in [0.05, 0.1) is 23.5 Å². The molecule has 0 fully saturated rings. The third kappa shape index (κ3) is 3.96. The van der Waals surface area contributed by atoms with Crippen LogP contribution in [0.3, 0.4) is 0 Å². The highest BCUT2D eigenvalue weighted by molar-refractivity contribution is 6.04. The Balaban J connectivity index is 1.64. The van der Waals surface area contributed by atoms with E-state index in [1.165, 1.54) is 10.6 Å². The Morgan fingerprint density at radius 1 is 0.917 bits per heavy atom. The predicted octanol–water partition coefficient (Wildman–Crippen LogP) is 3.71. The zero-order valence-corrected chi connectivity index (χ0v) is 19.3. The van der Waals surface area contributed by atoms with Gasteiger partial charge in [-0.05, 0) is 43.3 Å². The van der Waals surface area contributed by atoms with Crippen LogP contribution in [0, 0.1) is 0 Å². The van der Waals surface area contributed by atoms with Gasteiger partial charge in [-0.1, -0.05) is 42.5 Å². The number of fused-ring (bicyclic) bond motifs is 3. The minimum atomic E-state index is -0.695. The minimum Gasteiger partial charge on any atom is -0.462 e. The van der Waals surface area contributed by atoms with Gasteiger partial charge in [0.1, 0.15) is 17.6 Å². The molecule has 3 aromatic carbocycles. The van der Waals surface area contributed by atoms with Crippen LogP contribution in [0.25, 0.3) is 27.8 Å². The largest absolute Gasteiger partial charge is 0.462 e. The van der Waals surface area contributed by atoms with E-state index in [9.17, 15) is 19.2 Å². The van der Waals surface area contributed by atoms with Crippen LogP contribution in [-0.4, -0.2) is 27.6 Å². The quantitative estimate of drug-likeness (QED) is 0.369. The Morgan fingerprint density at radius 2 is 1.61 bits per heavy atom. The molecular formula is C27H21N3O6. The van der Waals surface area contributed by atoms with Crippen molar-refractivity contribution in [2.24, 2.45) is 0 Å². The van der Waals surface area contributed by atoms with Crippen molar-refractivity contribution in [3.63, 3.8) is 0 Å². The van der Waals surface area contributed by atoms with E-state index in [2.05, 4.69) is 5.32 Å². The molecule has 0 saturated heterocycles. The molecular weight excluding hydrogens is 462 g/mol. The van der Waals surface area contributed by atoms with Gasteiger partial charge in [0.15, 0.2) is 0 Å². The van der Waals surface area contributed by atoms with Crippen LogP contribution in [0.15, 0.2) is 92.9 Å². The normalized spacial score (nSPS) is 11.0. The first-order valence-electron chi connectivity index (χ1n) is 11.3. The Morgan fingerprint density at radius 3 is 2.39 bits per heavy atom. The molecule has 0 saturated carbocycles. The number of hydrogen-bond donors (Lipinski definition) is 1. The molecule has 2 heterocycles. The van der Waals surface area contributed by atoms with Gasteiger partial charge in [-0.15, -0.1) is 0 Å². The first-order valence-corrected chi connectivity index (χ1v) is 11.3. The van der Waals surface area contributed by atoms with Crippen LogP contribution in [0.5, 0.6) is 0 Å². The van der Waals surface area contributed by atoms with Crippen LogP contribution in [-0.2, 0) is 16.1 Å². The monoisotopic (exact) mass is 483 g/mol. The molecule has 0 bridgehead atoms. The fourth-order valence-corrected chi connectivity index (χ4v) is 4.11. The van der Waals surface area contributed by atoms with Crippen LogP contribution >= 0.6 is 0 Å². The van der Waals surface area contributed by atoms with Crippen molar-refractivity contribution in [2.75, 3.05) is 11.9 Å². The second-order valence-electron chi connectivity index (χ2n) is 7.94. The maximum atomic E-state index is 13.6. The van der Waals surface area contributed by atoms with Crippen LogP contribution < -0.4 is 16.6 Å².